The molecule has 0 radical (unpaired) electrons. The molecule has 0 heterocycles. The molecule has 0 aromatic heterocycles. The van der Waals surface area contributed by atoms with Crippen molar-refractivity contribution in [1.29, 1.82) is 0 Å². The van der Waals surface area contributed by atoms with Crippen LogP contribution in [-0.4, -0.2) is 14.1 Å². The van der Waals surface area contributed by atoms with Gasteiger partial charge >= 0.3 is 0 Å². The van der Waals surface area contributed by atoms with Crippen LogP contribution >= 0.6 is 0 Å². The molecule has 13 heavy (non-hydrogen) atoms. The maximum Gasteiger partial charge on any atom is 0.0426 e. The molecule has 70 valence electrons. The van der Waals surface area contributed by atoms with Crippen LogP contribution in [0.25, 0.3) is 0 Å². The highest BCUT2D eigenvalue weighted by Gasteiger charge is 2.00. The molecule has 0 aliphatic heterocycles. The lowest BCUT2D eigenvalue weighted by Crippen LogP contribution is -2.12. The molecule has 0 bridgehead atoms. The average molecular weight is 176 g/mol. The maximum absolute atomic E-state index is 3.89. The molecular formula is C11H16N2. The second kappa shape index (κ2) is 3.99. The van der Waals surface area contributed by atoms with E-state index in [1.807, 2.05) is 33.2 Å². The van der Waals surface area contributed by atoms with Crippen LogP contribution in [0.5, 0.6) is 0 Å². The second-order valence-electron chi connectivity index (χ2n) is 3.09. The summed E-state index contributed by atoms with van der Waals surface area (Å²) in [7, 11) is 3.93. The van der Waals surface area contributed by atoms with Crippen LogP contribution < -0.4 is 10.2 Å². The lowest BCUT2D eigenvalue weighted by Gasteiger charge is -2.19. The van der Waals surface area contributed by atoms with Gasteiger partial charge in [-0.25, -0.2) is 0 Å². The maximum atomic E-state index is 3.89. The zero-order chi connectivity index (χ0) is 9.84. The third-order valence-electron chi connectivity index (χ3n) is 2.09. The van der Waals surface area contributed by atoms with Crippen molar-refractivity contribution in [1.82, 2.24) is 0 Å². The summed E-state index contributed by atoms with van der Waals surface area (Å²) in [6, 6.07) is 8.22. The van der Waals surface area contributed by atoms with Gasteiger partial charge in [-0.3, -0.25) is 0 Å². The van der Waals surface area contributed by atoms with Crippen LogP contribution in [0.4, 0.5) is 11.4 Å². The SMILES string of the molecule is C=C(C)N(C)c1cccc(NC)c1. The number of benzene rings is 1. The first kappa shape index (κ1) is 9.65. The topological polar surface area (TPSA) is 15.3 Å². The molecule has 1 aromatic carbocycles. The van der Waals surface area contributed by atoms with Crippen LogP contribution in [0, 0.1) is 0 Å². The Balaban J connectivity index is 2.94. The lowest BCUT2D eigenvalue weighted by atomic mass is 10.2. The first-order valence-corrected chi connectivity index (χ1v) is 4.32. The van der Waals surface area contributed by atoms with Crippen molar-refractivity contribution in [2.75, 3.05) is 24.3 Å². The molecular weight excluding hydrogens is 160 g/mol. The zero-order valence-electron chi connectivity index (χ0n) is 8.46. The van der Waals surface area contributed by atoms with Gasteiger partial charge < -0.3 is 10.2 Å². The normalized spacial score (nSPS) is 9.46. The van der Waals surface area contributed by atoms with Crippen LogP contribution in [-0.2, 0) is 0 Å². The largest absolute Gasteiger partial charge is 0.388 e. The van der Waals surface area contributed by atoms with Gasteiger partial charge in [0.25, 0.3) is 0 Å². The highest BCUT2D eigenvalue weighted by molar-refractivity contribution is 5.59. The van der Waals surface area contributed by atoms with Crippen LogP contribution in [0.1, 0.15) is 6.92 Å². The van der Waals surface area contributed by atoms with E-state index in [9.17, 15) is 0 Å². The quantitative estimate of drug-likeness (QED) is 0.761. The number of hydrogen-bond donors (Lipinski definition) is 1. The Morgan fingerprint density at radius 3 is 2.69 bits per heavy atom. The van der Waals surface area contributed by atoms with Gasteiger partial charge in [-0.2, -0.15) is 0 Å². The summed E-state index contributed by atoms with van der Waals surface area (Å²) in [6.45, 7) is 5.88. The molecule has 0 amide bonds. The van der Waals surface area contributed by atoms with Gasteiger partial charge in [0.05, 0.1) is 0 Å². The number of hydrogen-bond acceptors (Lipinski definition) is 2. The van der Waals surface area contributed by atoms with Gasteiger partial charge in [0.1, 0.15) is 0 Å². The zero-order valence-corrected chi connectivity index (χ0v) is 8.46. The highest BCUT2D eigenvalue weighted by Crippen LogP contribution is 2.20. The van der Waals surface area contributed by atoms with E-state index in [0.29, 0.717) is 0 Å². The van der Waals surface area contributed by atoms with Gasteiger partial charge in [0.15, 0.2) is 0 Å². The fraction of sp³-hybridized carbons (Fsp3) is 0.273. The fourth-order valence-electron chi connectivity index (χ4n) is 1.09. The van der Waals surface area contributed by atoms with Gasteiger partial charge in [-0.1, -0.05) is 12.6 Å². The Bertz CT molecular complexity index is 305. The van der Waals surface area contributed by atoms with Crippen molar-refractivity contribution < 1.29 is 0 Å². The Hall–Kier alpha value is -1.44. The molecule has 0 fully saturated rings. The summed E-state index contributed by atoms with van der Waals surface area (Å²) in [5.41, 5.74) is 3.30. The standard InChI is InChI=1S/C11H16N2/c1-9(2)13(4)11-7-5-6-10(8-11)12-3/h5-8,12H,1H2,2-4H3. The van der Waals surface area contributed by atoms with Crippen molar-refractivity contribution >= 4 is 11.4 Å². The summed E-state index contributed by atoms with van der Waals surface area (Å²) >= 11 is 0. The van der Waals surface area contributed by atoms with E-state index in [-0.39, 0.29) is 0 Å². The minimum absolute atomic E-state index is 1.04. The van der Waals surface area contributed by atoms with E-state index >= 15 is 0 Å². The Kier molecular flexibility index (Phi) is 2.96. The lowest BCUT2D eigenvalue weighted by molar-refractivity contribution is 1.10. The van der Waals surface area contributed by atoms with Crippen LogP contribution in [0.3, 0.4) is 0 Å². The summed E-state index contributed by atoms with van der Waals surface area (Å²) < 4.78 is 0. The van der Waals surface area contributed by atoms with Gasteiger partial charge in [0.2, 0.25) is 0 Å². The van der Waals surface area contributed by atoms with E-state index in [1.165, 1.54) is 0 Å². The molecule has 0 spiro atoms. The van der Waals surface area contributed by atoms with E-state index < -0.39 is 0 Å². The van der Waals surface area contributed by atoms with E-state index in [1.54, 1.807) is 0 Å². The molecule has 0 aliphatic rings. The molecule has 2 nitrogen and oxygen atoms in total. The number of anilines is 2. The molecule has 0 saturated carbocycles. The summed E-state index contributed by atoms with van der Waals surface area (Å²) in [5.74, 6) is 0. The molecule has 1 rings (SSSR count). The van der Waals surface area contributed by atoms with Crippen molar-refractivity contribution in [3.8, 4) is 0 Å². The van der Waals surface area contributed by atoms with Crippen molar-refractivity contribution in [2.45, 2.75) is 6.92 Å². The van der Waals surface area contributed by atoms with Crippen LogP contribution in [0.15, 0.2) is 36.5 Å². The molecule has 2 heteroatoms. The first-order chi connectivity index (χ1) is 6.15. The monoisotopic (exact) mass is 176 g/mol. The van der Waals surface area contributed by atoms with Crippen molar-refractivity contribution in [3.05, 3.63) is 36.5 Å². The Labute approximate surface area is 79.9 Å². The number of nitrogens with one attached hydrogen (secondary N) is 1. The third-order valence-corrected chi connectivity index (χ3v) is 2.09. The number of nitrogens with zero attached hydrogens (tertiary/aromatic N) is 1. The summed E-state index contributed by atoms with van der Waals surface area (Å²) in [6.07, 6.45) is 0. The Morgan fingerprint density at radius 2 is 2.15 bits per heavy atom. The van der Waals surface area contributed by atoms with E-state index in [4.69, 9.17) is 0 Å². The molecule has 0 atom stereocenters. The Morgan fingerprint density at radius 1 is 1.46 bits per heavy atom. The molecule has 0 aliphatic carbocycles. The van der Waals surface area contributed by atoms with Crippen molar-refractivity contribution in [3.63, 3.8) is 0 Å². The smallest absolute Gasteiger partial charge is 0.0426 e. The van der Waals surface area contributed by atoms with Gasteiger partial charge in [-0.15, -0.1) is 0 Å². The molecule has 0 saturated heterocycles. The van der Waals surface area contributed by atoms with Gasteiger partial charge in [-0.05, 0) is 25.1 Å². The van der Waals surface area contributed by atoms with E-state index in [2.05, 4.69) is 28.9 Å². The summed E-state index contributed by atoms with van der Waals surface area (Å²) in [4.78, 5) is 2.06. The van der Waals surface area contributed by atoms with Crippen LogP contribution in [0.2, 0.25) is 0 Å². The predicted molar refractivity (Wildman–Crippen MR) is 59.2 cm³/mol. The molecule has 0 unspecified atom stereocenters. The second-order valence-corrected chi connectivity index (χ2v) is 3.09. The first-order valence-electron chi connectivity index (χ1n) is 4.32. The molecule has 1 N–H and O–H groups in total. The minimum atomic E-state index is 1.04. The fourth-order valence-corrected chi connectivity index (χ4v) is 1.09. The van der Waals surface area contributed by atoms with Crippen molar-refractivity contribution in [2.24, 2.45) is 0 Å². The minimum Gasteiger partial charge on any atom is -0.388 e. The van der Waals surface area contributed by atoms with E-state index in [0.717, 1.165) is 17.1 Å². The highest BCUT2D eigenvalue weighted by atomic mass is 15.1. The number of rotatable bonds is 3. The number of allylic oxidation sites excluding steroid dienone is 1. The summed E-state index contributed by atoms with van der Waals surface area (Å²) in [5, 5.41) is 3.10. The predicted octanol–water partition coefficient (Wildman–Crippen LogP) is 2.70. The average Bonchev–Trinajstić information content (AvgIpc) is 2.16. The third kappa shape index (κ3) is 2.25. The van der Waals surface area contributed by atoms with Gasteiger partial charge in [0, 0.05) is 31.2 Å². The molecule has 1 aromatic rings.